The minimum atomic E-state index is -0.553. The zero-order valence-corrected chi connectivity index (χ0v) is 18.7. The number of hydrogen-bond acceptors (Lipinski definition) is 4. The number of benzene rings is 1. The molecule has 2 aliphatic heterocycles. The van der Waals surface area contributed by atoms with Gasteiger partial charge in [0.05, 0.1) is 0 Å². The van der Waals surface area contributed by atoms with E-state index in [1.165, 1.54) is 5.56 Å². The summed E-state index contributed by atoms with van der Waals surface area (Å²) in [6.07, 6.45) is 4.38. The van der Waals surface area contributed by atoms with Crippen LogP contribution in [0.1, 0.15) is 52.0 Å². The van der Waals surface area contributed by atoms with E-state index in [1.807, 2.05) is 26.8 Å². The Hall–Kier alpha value is -2.08. The van der Waals surface area contributed by atoms with Crippen molar-refractivity contribution in [3.8, 4) is 0 Å². The minimum absolute atomic E-state index is 0.0386. The van der Waals surface area contributed by atoms with Gasteiger partial charge in [-0.3, -0.25) is 9.69 Å². The molecule has 2 unspecified atom stereocenters. The molecule has 2 fully saturated rings. The number of nitrogens with one attached hydrogen (secondary N) is 1. The summed E-state index contributed by atoms with van der Waals surface area (Å²) in [4.78, 5) is 29.5. The fourth-order valence-corrected chi connectivity index (χ4v) is 4.32. The third-order valence-corrected chi connectivity index (χ3v) is 5.93. The zero-order valence-electron chi connectivity index (χ0n) is 18.7. The van der Waals surface area contributed by atoms with Crippen LogP contribution in [0.2, 0.25) is 0 Å². The van der Waals surface area contributed by atoms with Gasteiger partial charge in [0.2, 0.25) is 5.91 Å². The standard InChI is InChI=1S/C24H37N3O3/c1-24(2,3)30-23(29)27-14-8-7-11-21(27)22(28)25-17-20-13-16-26(18-20)15-12-19-9-5-4-6-10-19/h4-6,9-10,20-21H,7-8,11-18H2,1-3H3,(H,25,28). The van der Waals surface area contributed by atoms with Gasteiger partial charge in [0.15, 0.2) is 0 Å². The number of rotatable bonds is 6. The Morgan fingerprint density at radius 2 is 1.87 bits per heavy atom. The van der Waals surface area contributed by atoms with E-state index in [-0.39, 0.29) is 12.0 Å². The number of hydrogen-bond donors (Lipinski definition) is 1. The Bertz CT molecular complexity index is 701. The highest BCUT2D eigenvalue weighted by Crippen LogP contribution is 2.21. The molecule has 166 valence electrons. The van der Waals surface area contributed by atoms with Gasteiger partial charge in [-0.05, 0) is 70.9 Å². The van der Waals surface area contributed by atoms with Crippen molar-refractivity contribution in [3.05, 3.63) is 35.9 Å². The first kappa shape index (κ1) is 22.6. The fraction of sp³-hybridized carbons (Fsp3) is 0.667. The van der Waals surface area contributed by atoms with Crippen LogP contribution in [0.15, 0.2) is 30.3 Å². The molecule has 1 N–H and O–H groups in total. The van der Waals surface area contributed by atoms with E-state index >= 15 is 0 Å². The molecule has 1 aromatic rings. The first-order valence-electron chi connectivity index (χ1n) is 11.4. The summed E-state index contributed by atoms with van der Waals surface area (Å²) in [6.45, 7) is 10.00. The molecule has 2 amide bonds. The van der Waals surface area contributed by atoms with Crippen LogP contribution in [0, 0.1) is 5.92 Å². The van der Waals surface area contributed by atoms with Gasteiger partial charge in [-0.25, -0.2) is 4.79 Å². The molecule has 6 nitrogen and oxygen atoms in total. The third-order valence-electron chi connectivity index (χ3n) is 5.93. The highest BCUT2D eigenvalue weighted by molar-refractivity contribution is 5.85. The van der Waals surface area contributed by atoms with Crippen LogP contribution >= 0.6 is 0 Å². The van der Waals surface area contributed by atoms with Crippen molar-refractivity contribution in [2.75, 3.05) is 32.7 Å². The summed E-state index contributed by atoms with van der Waals surface area (Å²) in [5, 5.41) is 3.12. The summed E-state index contributed by atoms with van der Waals surface area (Å²) < 4.78 is 5.51. The van der Waals surface area contributed by atoms with Gasteiger partial charge in [0.25, 0.3) is 0 Å². The number of likely N-dealkylation sites (tertiary alicyclic amines) is 2. The number of amides is 2. The maximum Gasteiger partial charge on any atom is 0.410 e. The molecule has 0 bridgehead atoms. The molecular weight excluding hydrogens is 378 g/mol. The molecule has 0 aliphatic carbocycles. The van der Waals surface area contributed by atoms with Crippen LogP contribution in [0.4, 0.5) is 4.79 Å². The lowest BCUT2D eigenvalue weighted by atomic mass is 10.0. The van der Waals surface area contributed by atoms with E-state index in [0.29, 0.717) is 25.4 Å². The fourth-order valence-electron chi connectivity index (χ4n) is 4.32. The van der Waals surface area contributed by atoms with Crippen molar-refractivity contribution in [3.63, 3.8) is 0 Å². The number of ether oxygens (including phenoxy) is 1. The molecule has 0 aromatic heterocycles. The molecule has 2 atom stereocenters. The number of nitrogens with zero attached hydrogens (tertiary/aromatic N) is 2. The molecule has 0 spiro atoms. The van der Waals surface area contributed by atoms with Gasteiger partial charge in [-0.2, -0.15) is 0 Å². The molecule has 1 aromatic carbocycles. The summed E-state index contributed by atoms with van der Waals surface area (Å²) in [5.74, 6) is 0.437. The Kier molecular flexibility index (Phi) is 7.75. The highest BCUT2D eigenvalue weighted by Gasteiger charge is 2.35. The third kappa shape index (κ3) is 6.73. The molecule has 0 radical (unpaired) electrons. The first-order valence-corrected chi connectivity index (χ1v) is 11.4. The Morgan fingerprint density at radius 1 is 1.10 bits per heavy atom. The molecule has 6 heteroatoms. The second kappa shape index (κ2) is 10.3. The summed E-state index contributed by atoms with van der Waals surface area (Å²) in [6, 6.07) is 10.2. The largest absolute Gasteiger partial charge is 0.444 e. The molecule has 2 heterocycles. The van der Waals surface area contributed by atoms with Gasteiger partial charge in [-0.15, -0.1) is 0 Å². The number of carbonyl (C=O) groups excluding carboxylic acids is 2. The number of piperidine rings is 1. The van der Waals surface area contributed by atoms with Crippen LogP contribution < -0.4 is 5.32 Å². The lowest BCUT2D eigenvalue weighted by Gasteiger charge is -2.36. The zero-order chi connectivity index (χ0) is 21.6. The second-order valence-electron chi connectivity index (χ2n) is 9.62. The van der Waals surface area contributed by atoms with Gasteiger partial charge >= 0.3 is 6.09 Å². The van der Waals surface area contributed by atoms with Crippen molar-refractivity contribution < 1.29 is 14.3 Å². The van der Waals surface area contributed by atoms with Crippen molar-refractivity contribution in [1.29, 1.82) is 0 Å². The van der Waals surface area contributed by atoms with E-state index in [1.54, 1.807) is 4.90 Å². The molecular formula is C24H37N3O3. The molecule has 3 rings (SSSR count). The predicted octanol–water partition coefficient (Wildman–Crippen LogP) is 3.46. The summed E-state index contributed by atoms with van der Waals surface area (Å²) in [7, 11) is 0. The SMILES string of the molecule is CC(C)(C)OC(=O)N1CCCCC1C(=O)NCC1CCN(CCc2ccccc2)C1. The van der Waals surface area contributed by atoms with Crippen LogP contribution in [-0.4, -0.2) is 66.2 Å². The first-order chi connectivity index (χ1) is 14.3. The van der Waals surface area contributed by atoms with Crippen LogP contribution in [-0.2, 0) is 16.0 Å². The summed E-state index contributed by atoms with van der Waals surface area (Å²) >= 11 is 0. The van der Waals surface area contributed by atoms with Crippen molar-refractivity contribution in [1.82, 2.24) is 15.1 Å². The smallest absolute Gasteiger partial charge is 0.410 e. The molecule has 2 saturated heterocycles. The van der Waals surface area contributed by atoms with E-state index in [0.717, 1.165) is 45.3 Å². The van der Waals surface area contributed by atoms with E-state index in [9.17, 15) is 9.59 Å². The topological polar surface area (TPSA) is 61.9 Å². The van der Waals surface area contributed by atoms with E-state index in [4.69, 9.17) is 4.74 Å². The van der Waals surface area contributed by atoms with Gasteiger partial charge in [0, 0.05) is 26.2 Å². The Labute approximate surface area is 180 Å². The highest BCUT2D eigenvalue weighted by atomic mass is 16.6. The monoisotopic (exact) mass is 415 g/mol. The average Bonchev–Trinajstić information content (AvgIpc) is 3.18. The molecule has 0 saturated carbocycles. The lowest BCUT2D eigenvalue weighted by Crippen LogP contribution is -2.53. The van der Waals surface area contributed by atoms with Crippen molar-refractivity contribution in [2.24, 2.45) is 5.92 Å². The van der Waals surface area contributed by atoms with Crippen LogP contribution in [0.25, 0.3) is 0 Å². The quantitative estimate of drug-likeness (QED) is 0.773. The van der Waals surface area contributed by atoms with Gasteiger partial charge in [-0.1, -0.05) is 30.3 Å². The predicted molar refractivity (Wildman–Crippen MR) is 118 cm³/mol. The summed E-state index contributed by atoms with van der Waals surface area (Å²) in [5.41, 5.74) is 0.816. The minimum Gasteiger partial charge on any atom is -0.444 e. The normalized spacial score (nSPS) is 22.7. The van der Waals surface area contributed by atoms with E-state index in [2.05, 4.69) is 34.5 Å². The maximum absolute atomic E-state index is 12.9. The van der Waals surface area contributed by atoms with Crippen LogP contribution in [0.3, 0.4) is 0 Å². The second-order valence-corrected chi connectivity index (χ2v) is 9.62. The molecule has 2 aliphatic rings. The average molecular weight is 416 g/mol. The van der Waals surface area contributed by atoms with Crippen molar-refractivity contribution in [2.45, 2.75) is 64.5 Å². The lowest BCUT2D eigenvalue weighted by molar-refractivity contribution is -0.127. The van der Waals surface area contributed by atoms with Gasteiger partial charge in [0.1, 0.15) is 11.6 Å². The maximum atomic E-state index is 12.9. The molecule has 30 heavy (non-hydrogen) atoms. The Morgan fingerprint density at radius 3 is 2.60 bits per heavy atom. The van der Waals surface area contributed by atoms with E-state index < -0.39 is 11.6 Å². The number of carbonyl (C=O) groups is 2. The van der Waals surface area contributed by atoms with Gasteiger partial charge < -0.3 is 15.0 Å². The van der Waals surface area contributed by atoms with Crippen LogP contribution in [0.5, 0.6) is 0 Å². The van der Waals surface area contributed by atoms with Crippen molar-refractivity contribution >= 4 is 12.0 Å². The Balaban J connectivity index is 1.43.